The van der Waals surface area contributed by atoms with Crippen LogP contribution in [-0.4, -0.2) is 44.1 Å². The van der Waals surface area contributed by atoms with E-state index < -0.39 is 10.0 Å². The average molecular weight is 417 g/mol. The molecule has 2 aromatic carbocycles. The first-order valence-corrected chi connectivity index (χ1v) is 11.7. The van der Waals surface area contributed by atoms with Gasteiger partial charge in [0, 0.05) is 30.3 Å². The van der Waals surface area contributed by atoms with Gasteiger partial charge < -0.3 is 9.64 Å². The van der Waals surface area contributed by atoms with Crippen molar-refractivity contribution < 1.29 is 17.9 Å². The summed E-state index contributed by atoms with van der Waals surface area (Å²) in [5, 5.41) is 0. The van der Waals surface area contributed by atoms with E-state index in [1.807, 2.05) is 61.5 Å². The Morgan fingerprint density at radius 3 is 2.41 bits per heavy atom. The fourth-order valence-electron chi connectivity index (χ4n) is 3.48. The van der Waals surface area contributed by atoms with Crippen LogP contribution >= 0.6 is 0 Å². The fraction of sp³-hybridized carbons (Fsp3) is 0.409. The van der Waals surface area contributed by atoms with Crippen molar-refractivity contribution in [3.8, 4) is 5.75 Å². The molecule has 1 N–H and O–H groups in total. The van der Waals surface area contributed by atoms with Crippen molar-refractivity contribution in [2.75, 3.05) is 18.8 Å². The molecule has 2 aromatic rings. The maximum atomic E-state index is 13.1. The predicted molar refractivity (Wildman–Crippen MR) is 113 cm³/mol. The Balaban J connectivity index is 1.60. The number of sulfonamides is 1. The van der Waals surface area contributed by atoms with E-state index in [1.165, 1.54) is 0 Å². The van der Waals surface area contributed by atoms with Gasteiger partial charge in [0.1, 0.15) is 12.4 Å². The van der Waals surface area contributed by atoms with Crippen LogP contribution in [0.1, 0.15) is 42.1 Å². The summed E-state index contributed by atoms with van der Waals surface area (Å²) in [5.74, 6) is 0.864. The van der Waals surface area contributed by atoms with Gasteiger partial charge in [-0.05, 0) is 37.5 Å². The zero-order valence-corrected chi connectivity index (χ0v) is 17.5. The summed E-state index contributed by atoms with van der Waals surface area (Å²) < 4.78 is 32.5. The molecule has 29 heavy (non-hydrogen) atoms. The number of likely N-dealkylation sites (tertiary alicyclic amines) is 1. The van der Waals surface area contributed by atoms with E-state index in [2.05, 4.69) is 4.72 Å². The smallest absolute Gasteiger partial charge is 0.254 e. The number of hydrogen-bond acceptors (Lipinski definition) is 4. The zero-order chi connectivity index (χ0) is 20.7. The molecular formula is C22H28N2O4S. The monoisotopic (exact) mass is 416 g/mol. The minimum absolute atomic E-state index is 0.0351. The van der Waals surface area contributed by atoms with Crippen molar-refractivity contribution in [1.29, 1.82) is 0 Å². The van der Waals surface area contributed by atoms with Gasteiger partial charge in [0.05, 0.1) is 5.75 Å². The number of benzene rings is 2. The number of carbonyl (C=O) groups excluding carboxylic acids is 1. The van der Waals surface area contributed by atoms with Crippen molar-refractivity contribution in [2.45, 2.75) is 38.8 Å². The molecule has 1 aliphatic heterocycles. The lowest BCUT2D eigenvalue weighted by atomic mass is 10.0. The quantitative estimate of drug-likeness (QED) is 0.717. The van der Waals surface area contributed by atoms with Gasteiger partial charge >= 0.3 is 0 Å². The second-order valence-electron chi connectivity index (χ2n) is 7.26. The summed E-state index contributed by atoms with van der Waals surface area (Å²) in [5.41, 5.74) is 1.47. The normalized spacial score (nSPS) is 15.3. The summed E-state index contributed by atoms with van der Waals surface area (Å²) in [6.07, 6.45) is 1.84. The number of para-hydroxylation sites is 1. The highest BCUT2D eigenvalue weighted by Crippen LogP contribution is 2.19. The molecule has 3 rings (SSSR count). The Morgan fingerprint density at radius 1 is 1.07 bits per heavy atom. The maximum absolute atomic E-state index is 13.1. The van der Waals surface area contributed by atoms with Gasteiger partial charge in [-0.1, -0.05) is 43.3 Å². The van der Waals surface area contributed by atoms with Crippen molar-refractivity contribution in [3.63, 3.8) is 0 Å². The molecule has 1 aliphatic rings. The maximum Gasteiger partial charge on any atom is 0.254 e. The molecule has 0 bridgehead atoms. The Kier molecular flexibility index (Phi) is 7.28. The highest BCUT2D eigenvalue weighted by atomic mass is 32.2. The summed E-state index contributed by atoms with van der Waals surface area (Å²) in [6.45, 7) is 3.23. The Morgan fingerprint density at radius 2 is 1.72 bits per heavy atom. The van der Waals surface area contributed by atoms with Gasteiger partial charge in [0.25, 0.3) is 5.91 Å². The van der Waals surface area contributed by atoms with E-state index in [9.17, 15) is 13.2 Å². The van der Waals surface area contributed by atoms with E-state index in [0.29, 0.717) is 44.5 Å². The van der Waals surface area contributed by atoms with E-state index in [4.69, 9.17) is 4.74 Å². The van der Waals surface area contributed by atoms with Gasteiger partial charge in [0.2, 0.25) is 10.0 Å². The highest BCUT2D eigenvalue weighted by molar-refractivity contribution is 7.89. The molecule has 0 aliphatic carbocycles. The largest absolute Gasteiger partial charge is 0.489 e. The summed E-state index contributed by atoms with van der Waals surface area (Å²) >= 11 is 0. The second kappa shape index (κ2) is 9.89. The molecule has 1 fully saturated rings. The van der Waals surface area contributed by atoms with Gasteiger partial charge in [-0.25, -0.2) is 13.1 Å². The average Bonchev–Trinajstić information content (AvgIpc) is 2.73. The molecule has 1 amide bonds. The molecule has 0 atom stereocenters. The highest BCUT2D eigenvalue weighted by Gasteiger charge is 2.27. The molecular weight excluding hydrogens is 388 g/mol. The van der Waals surface area contributed by atoms with E-state index in [-0.39, 0.29) is 17.7 Å². The summed E-state index contributed by atoms with van der Waals surface area (Å²) in [7, 11) is -3.23. The van der Waals surface area contributed by atoms with Crippen LogP contribution in [0.2, 0.25) is 0 Å². The SMILES string of the molecule is CCCS(=O)(=O)NC1CCN(C(=O)c2ccccc2COc2ccccc2)CC1. The second-order valence-corrected chi connectivity index (χ2v) is 9.14. The van der Waals surface area contributed by atoms with Crippen LogP contribution in [0.15, 0.2) is 54.6 Å². The molecule has 1 saturated heterocycles. The molecule has 1 heterocycles. The van der Waals surface area contributed by atoms with E-state index in [1.54, 1.807) is 4.90 Å². The lowest BCUT2D eigenvalue weighted by Gasteiger charge is -2.32. The van der Waals surface area contributed by atoms with Crippen molar-refractivity contribution >= 4 is 15.9 Å². The molecule has 7 heteroatoms. The number of carbonyl (C=O) groups is 1. The predicted octanol–water partition coefficient (Wildman–Crippen LogP) is 3.20. The van der Waals surface area contributed by atoms with Crippen molar-refractivity contribution in [3.05, 3.63) is 65.7 Å². The Bertz CT molecular complexity index is 907. The van der Waals surface area contributed by atoms with Crippen LogP contribution in [-0.2, 0) is 16.6 Å². The van der Waals surface area contributed by atoms with E-state index in [0.717, 1.165) is 11.3 Å². The number of ether oxygens (including phenoxy) is 1. The number of hydrogen-bond donors (Lipinski definition) is 1. The van der Waals surface area contributed by atoms with Gasteiger partial charge in [-0.3, -0.25) is 4.79 Å². The minimum atomic E-state index is -3.23. The number of piperidine rings is 1. The zero-order valence-electron chi connectivity index (χ0n) is 16.7. The topological polar surface area (TPSA) is 75.7 Å². The van der Waals surface area contributed by atoms with Crippen LogP contribution in [0.5, 0.6) is 5.75 Å². The van der Waals surface area contributed by atoms with Crippen LogP contribution in [0.4, 0.5) is 0 Å². The summed E-state index contributed by atoms with van der Waals surface area (Å²) in [4.78, 5) is 14.9. The van der Waals surface area contributed by atoms with Crippen LogP contribution in [0, 0.1) is 0 Å². The van der Waals surface area contributed by atoms with Crippen molar-refractivity contribution in [1.82, 2.24) is 9.62 Å². The Hall–Kier alpha value is -2.38. The first-order chi connectivity index (χ1) is 14.0. The molecule has 0 saturated carbocycles. The lowest BCUT2D eigenvalue weighted by Crippen LogP contribution is -2.47. The number of rotatable bonds is 8. The van der Waals surface area contributed by atoms with Gasteiger partial charge in [-0.15, -0.1) is 0 Å². The van der Waals surface area contributed by atoms with Crippen LogP contribution in [0.3, 0.4) is 0 Å². The number of amides is 1. The standard InChI is InChI=1S/C22H28N2O4S/c1-2-16-29(26,27)23-19-12-14-24(15-13-19)22(25)21-11-7-6-8-18(21)17-28-20-9-4-3-5-10-20/h3-11,19,23H,2,12-17H2,1H3. The molecule has 156 valence electrons. The Labute approximate surface area is 172 Å². The van der Waals surface area contributed by atoms with Crippen LogP contribution in [0.25, 0.3) is 0 Å². The lowest BCUT2D eigenvalue weighted by molar-refractivity contribution is 0.0708. The molecule has 0 radical (unpaired) electrons. The van der Waals surface area contributed by atoms with Crippen LogP contribution < -0.4 is 9.46 Å². The van der Waals surface area contributed by atoms with Gasteiger partial charge in [-0.2, -0.15) is 0 Å². The van der Waals surface area contributed by atoms with Gasteiger partial charge in [0.15, 0.2) is 0 Å². The third kappa shape index (κ3) is 6.05. The first-order valence-electron chi connectivity index (χ1n) is 10.0. The third-order valence-electron chi connectivity index (χ3n) is 4.99. The summed E-state index contributed by atoms with van der Waals surface area (Å²) in [6, 6.07) is 16.9. The third-order valence-corrected chi connectivity index (χ3v) is 6.62. The molecule has 0 aromatic heterocycles. The molecule has 0 unspecified atom stereocenters. The fourth-order valence-corrected chi connectivity index (χ4v) is 4.88. The number of nitrogens with zero attached hydrogens (tertiary/aromatic N) is 1. The molecule has 0 spiro atoms. The first kappa shape index (κ1) is 21.3. The minimum Gasteiger partial charge on any atom is -0.489 e. The number of nitrogens with one attached hydrogen (secondary N) is 1. The molecule has 6 nitrogen and oxygen atoms in total. The van der Waals surface area contributed by atoms with E-state index >= 15 is 0 Å². The van der Waals surface area contributed by atoms with Crippen molar-refractivity contribution in [2.24, 2.45) is 0 Å².